The first-order valence-electron chi connectivity index (χ1n) is 2.39. The van der Waals surface area contributed by atoms with E-state index < -0.39 is 0 Å². The molecule has 1 amide bonds. The molecule has 0 aliphatic heterocycles. The van der Waals surface area contributed by atoms with Crippen molar-refractivity contribution in [3.63, 3.8) is 0 Å². The van der Waals surface area contributed by atoms with Crippen LogP contribution in [-0.2, 0) is 4.79 Å². The lowest BCUT2D eigenvalue weighted by Gasteiger charge is -1.97. The summed E-state index contributed by atoms with van der Waals surface area (Å²) in [5.74, 6) is -0.183. The van der Waals surface area contributed by atoms with Gasteiger partial charge in [-0.05, 0) is 0 Å². The van der Waals surface area contributed by atoms with Gasteiger partial charge in [-0.15, -0.1) is 12.6 Å². The molecule has 5 heteroatoms. The third-order valence-electron chi connectivity index (χ3n) is 0.618. The van der Waals surface area contributed by atoms with Gasteiger partial charge >= 0.3 is 0 Å². The van der Waals surface area contributed by atoms with E-state index in [1.165, 1.54) is 0 Å². The number of hydrogen-bond acceptors (Lipinski definition) is 3. The monoisotopic (exact) mass is 164 g/mol. The van der Waals surface area contributed by atoms with E-state index in [2.05, 4.69) is 30.2 Å². The lowest BCUT2D eigenvalue weighted by Crippen LogP contribution is -2.27. The fraction of sp³-hybridized carbons (Fsp3) is 0.500. The molecular weight excluding hydrogens is 156 g/mol. The van der Waals surface area contributed by atoms with Gasteiger partial charge in [-0.1, -0.05) is 12.2 Å². The summed E-state index contributed by atoms with van der Waals surface area (Å²) in [6.07, 6.45) is 0.292. The fourth-order valence-electron chi connectivity index (χ4n) is 0.313. The van der Waals surface area contributed by atoms with Crippen LogP contribution >= 0.6 is 24.8 Å². The van der Waals surface area contributed by atoms with Gasteiger partial charge in [-0.25, -0.2) is 0 Å². The topological polar surface area (TPSA) is 55.1 Å². The summed E-state index contributed by atoms with van der Waals surface area (Å²) in [5.41, 5.74) is 5.08. The highest BCUT2D eigenvalue weighted by Gasteiger charge is 1.97. The zero-order valence-electron chi connectivity index (χ0n) is 4.76. The van der Waals surface area contributed by atoms with Crippen LogP contribution in [0.3, 0.4) is 0 Å². The zero-order chi connectivity index (χ0) is 7.28. The van der Waals surface area contributed by atoms with Crippen LogP contribution in [0.2, 0.25) is 0 Å². The van der Waals surface area contributed by atoms with E-state index in [0.717, 1.165) is 0 Å². The molecule has 0 fully saturated rings. The first-order chi connectivity index (χ1) is 4.16. The summed E-state index contributed by atoms with van der Waals surface area (Å²) in [6, 6.07) is 0. The third-order valence-corrected chi connectivity index (χ3v) is 0.832. The van der Waals surface area contributed by atoms with Crippen molar-refractivity contribution in [3.8, 4) is 0 Å². The van der Waals surface area contributed by atoms with Crippen molar-refractivity contribution in [1.82, 2.24) is 5.32 Å². The molecule has 0 atom stereocenters. The lowest BCUT2D eigenvalue weighted by molar-refractivity contribution is -0.119. The number of hydrogen-bond donors (Lipinski definition) is 3. The Kier molecular flexibility index (Phi) is 4.65. The molecule has 0 aliphatic carbocycles. The summed E-state index contributed by atoms with van der Waals surface area (Å²) in [4.78, 5) is 10.5. The minimum Gasteiger partial charge on any atom is -0.330 e. The minimum absolute atomic E-state index is 0.183. The van der Waals surface area contributed by atoms with Crippen molar-refractivity contribution in [2.75, 3.05) is 6.54 Å². The molecule has 0 unspecified atom stereocenters. The van der Waals surface area contributed by atoms with Gasteiger partial charge in [0, 0.05) is 13.0 Å². The van der Waals surface area contributed by atoms with Crippen LogP contribution in [0.15, 0.2) is 0 Å². The normalized spacial score (nSPS) is 8.67. The van der Waals surface area contributed by atoms with Crippen LogP contribution in [-0.4, -0.2) is 16.8 Å². The SMILES string of the molecule is NCCC(=O)NC(=S)S. The summed E-state index contributed by atoms with van der Waals surface area (Å²) >= 11 is 8.17. The number of nitrogens with one attached hydrogen (secondary N) is 1. The Morgan fingerprint density at radius 3 is 2.67 bits per heavy atom. The second-order valence-corrected chi connectivity index (χ2v) is 2.55. The lowest BCUT2D eigenvalue weighted by atomic mass is 10.4. The van der Waals surface area contributed by atoms with Gasteiger partial charge in [0.25, 0.3) is 0 Å². The average Bonchev–Trinajstić information content (AvgIpc) is 1.63. The molecule has 0 bridgehead atoms. The van der Waals surface area contributed by atoms with Gasteiger partial charge < -0.3 is 11.1 Å². The van der Waals surface area contributed by atoms with E-state index in [0.29, 0.717) is 13.0 Å². The second kappa shape index (κ2) is 4.72. The Morgan fingerprint density at radius 2 is 2.33 bits per heavy atom. The van der Waals surface area contributed by atoms with E-state index in [4.69, 9.17) is 5.73 Å². The molecule has 0 spiro atoms. The maximum atomic E-state index is 10.5. The Balaban J connectivity index is 3.39. The van der Waals surface area contributed by atoms with Crippen LogP contribution in [0, 0.1) is 0 Å². The number of rotatable bonds is 2. The van der Waals surface area contributed by atoms with Gasteiger partial charge in [-0.2, -0.15) is 0 Å². The highest BCUT2D eigenvalue weighted by atomic mass is 32.1. The Morgan fingerprint density at radius 1 is 1.78 bits per heavy atom. The predicted molar refractivity (Wildman–Crippen MR) is 43.4 cm³/mol. The molecule has 3 N–H and O–H groups in total. The first-order valence-corrected chi connectivity index (χ1v) is 3.25. The van der Waals surface area contributed by atoms with E-state index in [-0.39, 0.29) is 10.2 Å². The van der Waals surface area contributed by atoms with Crippen molar-refractivity contribution in [3.05, 3.63) is 0 Å². The molecule has 0 aliphatic rings. The van der Waals surface area contributed by atoms with Crippen LogP contribution < -0.4 is 11.1 Å². The standard InChI is InChI=1S/C4H8N2OS2/c5-2-1-3(7)6-4(8)9/h1-2,5H2,(H2,6,7,8,9). The predicted octanol–water partition coefficient (Wildman–Crippen LogP) is -0.334. The van der Waals surface area contributed by atoms with Crippen LogP contribution in [0.1, 0.15) is 6.42 Å². The maximum Gasteiger partial charge on any atom is 0.226 e. The molecule has 0 aromatic heterocycles. The Labute approximate surface area is 64.4 Å². The third kappa shape index (κ3) is 5.75. The molecular formula is C4H8N2OS2. The molecule has 0 saturated heterocycles. The smallest absolute Gasteiger partial charge is 0.226 e. The van der Waals surface area contributed by atoms with Gasteiger partial charge in [0.1, 0.15) is 4.32 Å². The molecule has 52 valence electrons. The van der Waals surface area contributed by atoms with Crippen molar-refractivity contribution in [2.45, 2.75) is 6.42 Å². The van der Waals surface area contributed by atoms with E-state index in [1.807, 2.05) is 0 Å². The number of nitrogens with two attached hydrogens (primary N) is 1. The first kappa shape index (κ1) is 8.87. The Hall–Kier alpha value is -0.130. The van der Waals surface area contributed by atoms with Crippen molar-refractivity contribution >= 4 is 35.1 Å². The number of thiocarbonyl (C=S) groups is 1. The van der Waals surface area contributed by atoms with Crippen LogP contribution in [0.25, 0.3) is 0 Å². The van der Waals surface area contributed by atoms with E-state index >= 15 is 0 Å². The van der Waals surface area contributed by atoms with Crippen LogP contribution in [0.5, 0.6) is 0 Å². The number of amides is 1. The minimum atomic E-state index is -0.183. The zero-order valence-corrected chi connectivity index (χ0v) is 6.47. The van der Waals surface area contributed by atoms with Gasteiger partial charge in [0.15, 0.2) is 0 Å². The van der Waals surface area contributed by atoms with Crippen LogP contribution in [0.4, 0.5) is 0 Å². The van der Waals surface area contributed by atoms with Crippen molar-refractivity contribution in [2.24, 2.45) is 5.73 Å². The molecule has 0 aromatic carbocycles. The van der Waals surface area contributed by atoms with Crippen molar-refractivity contribution < 1.29 is 4.79 Å². The molecule has 0 aromatic rings. The molecule has 0 heterocycles. The number of carbonyl (C=O) groups is 1. The summed E-state index contributed by atoms with van der Waals surface area (Å²) in [6.45, 7) is 0.336. The summed E-state index contributed by atoms with van der Waals surface area (Å²) in [5, 5.41) is 2.32. The maximum absolute atomic E-state index is 10.5. The summed E-state index contributed by atoms with van der Waals surface area (Å²) in [7, 11) is 0. The van der Waals surface area contributed by atoms with Gasteiger partial charge in [0.2, 0.25) is 5.91 Å². The summed E-state index contributed by atoms with van der Waals surface area (Å²) < 4.78 is 0.188. The second-order valence-electron chi connectivity index (χ2n) is 1.39. The van der Waals surface area contributed by atoms with Gasteiger partial charge in [0.05, 0.1) is 0 Å². The van der Waals surface area contributed by atoms with Gasteiger partial charge in [-0.3, -0.25) is 4.79 Å². The number of carbonyl (C=O) groups excluding carboxylic acids is 1. The largest absolute Gasteiger partial charge is 0.330 e. The van der Waals surface area contributed by atoms with E-state index in [1.54, 1.807) is 0 Å². The molecule has 3 nitrogen and oxygen atoms in total. The average molecular weight is 164 g/mol. The fourth-order valence-corrected chi connectivity index (χ4v) is 0.551. The molecule has 0 radical (unpaired) electrons. The molecule has 0 rings (SSSR count). The quantitative estimate of drug-likeness (QED) is 0.387. The van der Waals surface area contributed by atoms with E-state index in [9.17, 15) is 4.79 Å². The number of thiol groups is 1. The highest BCUT2D eigenvalue weighted by molar-refractivity contribution is 8.11. The molecule has 9 heavy (non-hydrogen) atoms. The highest BCUT2D eigenvalue weighted by Crippen LogP contribution is 1.80. The van der Waals surface area contributed by atoms with Crippen molar-refractivity contribution in [1.29, 1.82) is 0 Å². The Bertz CT molecular complexity index is 126. The molecule has 0 saturated carbocycles.